The second-order valence-corrected chi connectivity index (χ2v) is 7.41. The Morgan fingerprint density at radius 1 is 1.21 bits per heavy atom. The predicted molar refractivity (Wildman–Crippen MR) is 125 cm³/mol. The molecule has 0 atom stereocenters. The molecule has 2 N–H and O–H groups in total. The molecule has 2 aromatic heterocycles. The summed E-state index contributed by atoms with van der Waals surface area (Å²) in [5.74, 6) is 3.54. The molecule has 7 nitrogen and oxygen atoms in total. The van der Waals surface area contributed by atoms with Gasteiger partial charge in [-0.1, -0.05) is 19.9 Å². The molecule has 2 aromatic rings. The highest BCUT2D eigenvalue weighted by molar-refractivity contribution is 14.0. The van der Waals surface area contributed by atoms with E-state index in [1.54, 1.807) is 0 Å². The van der Waals surface area contributed by atoms with Gasteiger partial charge in [0.05, 0.1) is 6.54 Å². The van der Waals surface area contributed by atoms with Crippen molar-refractivity contribution in [1.82, 2.24) is 25.2 Å². The van der Waals surface area contributed by atoms with E-state index < -0.39 is 0 Å². The van der Waals surface area contributed by atoms with Crippen molar-refractivity contribution in [3.8, 4) is 0 Å². The lowest BCUT2D eigenvalue weighted by Crippen LogP contribution is -2.48. The third-order valence-electron chi connectivity index (χ3n) is 4.81. The van der Waals surface area contributed by atoms with Crippen LogP contribution in [0.1, 0.15) is 32.5 Å². The number of hydrogen-bond donors (Lipinski definition) is 2. The fourth-order valence-corrected chi connectivity index (χ4v) is 3.41. The molecule has 3 heterocycles. The van der Waals surface area contributed by atoms with E-state index in [4.69, 9.17) is 0 Å². The first-order valence-electron chi connectivity index (χ1n) is 9.79. The van der Waals surface area contributed by atoms with Gasteiger partial charge < -0.3 is 20.1 Å². The Kier molecular flexibility index (Phi) is 9.01. The molecule has 0 aromatic carbocycles. The maximum Gasteiger partial charge on any atom is 0.191 e. The maximum atomic E-state index is 4.47. The van der Waals surface area contributed by atoms with E-state index in [1.165, 1.54) is 0 Å². The summed E-state index contributed by atoms with van der Waals surface area (Å²) in [4.78, 5) is 15.6. The molecular formula is C20H32IN7. The Morgan fingerprint density at radius 2 is 2.00 bits per heavy atom. The highest BCUT2D eigenvalue weighted by atomic mass is 127. The van der Waals surface area contributed by atoms with E-state index in [0.717, 1.165) is 50.1 Å². The molecule has 154 valence electrons. The van der Waals surface area contributed by atoms with Crippen molar-refractivity contribution in [2.75, 3.05) is 25.0 Å². The molecule has 0 saturated carbocycles. The van der Waals surface area contributed by atoms with Gasteiger partial charge in [-0.3, -0.25) is 4.99 Å². The lowest BCUT2D eigenvalue weighted by molar-refractivity contribution is 0.458. The zero-order valence-electron chi connectivity index (χ0n) is 17.0. The molecule has 0 amide bonds. The smallest absolute Gasteiger partial charge is 0.191 e. The second-order valence-electron chi connectivity index (χ2n) is 7.41. The number of anilines is 1. The van der Waals surface area contributed by atoms with Gasteiger partial charge in [0.15, 0.2) is 5.96 Å². The Labute approximate surface area is 185 Å². The van der Waals surface area contributed by atoms with Crippen LogP contribution in [0.15, 0.2) is 41.8 Å². The highest BCUT2D eigenvalue weighted by Crippen LogP contribution is 2.17. The van der Waals surface area contributed by atoms with Crippen molar-refractivity contribution in [3.05, 3.63) is 42.6 Å². The van der Waals surface area contributed by atoms with Crippen LogP contribution in [-0.2, 0) is 13.1 Å². The first-order chi connectivity index (χ1) is 13.2. The van der Waals surface area contributed by atoms with Gasteiger partial charge in [-0.25, -0.2) is 9.97 Å². The number of piperidine rings is 1. The van der Waals surface area contributed by atoms with Crippen LogP contribution in [0.2, 0.25) is 0 Å². The van der Waals surface area contributed by atoms with E-state index >= 15 is 0 Å². The Morgan fingerprint density at radius 3 is 2.64 bits per heavy atom. The van der Waals surface area contributed by atoms with E-state index in [-0.39, 0.29) is 24.0 Å². The highest BCUT2D eigenvalue weighted by Gasteiger charge is 2.20. The number of aromatic nitrogens is 3. The fraction of sp³-hybridized carbons (Fsp3) is 0.550. The zero-order chi connectivity index (χ0) is 19.1. The third-order valence-corrected chi connectivity index (χ3v) is 4.81. The van der Waals surface area contributed by atoms with Crippen molar-refractivity contribution < 1.29 is 0 Å². The monoisotopic (exact) mass is 497 g/mol. The number of imidazole rings is 1. The normalized spacial score (nSPS) is 15.4. The minimum absolute atomic E-state index is 0. The standard InChI is InChI=1S/C20H31N7.HI/c1-16(2)15-27-13-10-23-19(27)14-24-20(21-3)25-17-7-11-26(12-8-17)18-6-4-5-9-22-18;/h4-6,9-10,13,16-17H,7-8,11-12,14-15H2,1-3H3,(H2,21,24,25);1H. The molecule has 0 aliphatic carbocycles. The van der Waals surface area contributed by atoms with Gasteiger partial charge in [0.2, 0.25) is 0 Å². The van der Waals surface area contributed by atoms with Crippen LogP contribution in [-0.4, -0.2) is 46.7 Å². The molecule has 8 heteroatoms. The summed E-state index contributed by atoms with van der Waals surface area (Å²) in [6.07, 6.45) is 7.90. The number of hydrogen-bond acceptors (Lipinski definition) is 4. The lowest BCUT2D eigenvalue weighted by Gasteiger charge is -2.33. The van der Waals surface area contributed by atoms with Gasteiger partial charge in [-0.05, 0) is 30.9 Å². The average molecular weight is 497 g/mol. The second kappa shape index (κ2) is 11.2. The van der Waals surface area contributed by atoms with Gasteiger partial charge in [0.1, 0.15) is 11.6 Å². The van der Waals surface area contributed by atoms with E-state index in [0.29, 0.717) is 18.5 Å². The summed E-state index contributed by atoms with van der Waals surface area (Å²) in [5, 5.41) is 6.96. The summed E-state index contributed by atoms with van der Waals surface area (Å²) < 4.78 is 2.20. The predicted octanol–water partition coefficient (Wildman–Crippen LogP) is 2.89. The SMILES string of the molecule is CN=C(NCc1nccn1CC(C)C)NC1CCN(c2ccccn2)CC1.I. The molecule has 0 bridgehead atoms. The van der Waals surface area contributed by atoms with Crippen molar-refractivity contribution in [2.45, 2.75) is 45.8 Å². The molecule has 1 aliphatic rings. The largest absolute Gasteiger partial charge is 0.356 e. The van der Waals surface area contributed by atoms with Crippen molar-refractivity contribution in [1.29, 1.82) is 0 Å². The molecule has 0 spiro atoms. The number of nitrogens with zero attached hydrogens (tertiary/aromatic N) is 5. The summed E-state index contributed by atoms with van der Waals surface area (Å²) >= 11 is 0. The van der Waals surface area contributed by atoms with Crippen LogP contribution in [0.4, 0.5) is 5.82 Å². The number of rotatable bonds is 6. The van der Waals surface area contributed by atoms with Gasteiger partial charge in [0, 0.05) is 51.3 Å². The van der Waals surface area contributed by atoms with Crippen LogP contribution < -0.4 is 15.5 Å². The van der Waals surface area contributed by atoms with Crippen LogP contribution in [0.5, 0.6) is 0 Å². The third kappa shape index (κ3) is 6.35. The molecule has 28 heavy (non-hydrogen) atoms. The summed E-state index contributed by atoms with van der Waals surface area (Å²) in [6.45, 7) is 8.10. The van der Waals surface area contributed by atoms with Crippen molar-refractivity contribution in [3.63, 3.8) is 0 Å². The van der Waals surface area contributed by atoms with Crippen LogP contribution in [0.3, 0.4) is 0 Å². The molecule has 1 aliphatic heterocycles. The van der Waals surface area contributed by atoms with E-state index in [1.807, 2.05) is 37.8 Å². The molecule has 0 radical (unpaired) electrons. The van der Waals surface area contributed by atoms with Gasteiger partial charge in [-0.2, -0.15) is 0 Å². The van der Waals surface area contributed by atoms with E-state index in [9.17, 15) is 0 Å². The van der Waals surface area contributed by atoms with Crippen molar-refractivity contribution >= 4 is 35.8 Å². The Bertz CT molecular complexity index is 721. The number of halogens is 1. The van der Waals surface area contributed by atoms with Crippen molar-refractivity contribution in [2.24, 2.45) is 10.9 Å². The number of aliphatic imine (C=N–C) groups is 1. The van der Waals surface area contributed by atoms with Gasteiger partial charge in [-0.15, -0.1) is 24.0 Å². The molecule has 0 unspecified atom stereocenters. The molecule has 3 rings (SSSR count). The van der Waals surface area contributed by atoms with Gasteiger partial charge >= 0.3 is 0 Å². The van der Waals surface area contributed by atoms with E-state index in [2.05, 4.69) is 55.0 Å². The topological polar surface area (TPSA) is 70.4 Å². The Hall–Kier alpha value is -1.84. The van der Waals surface area contributed by atoms with Gasteiger partial charge in [0.25, 0.3) is 0 Å². The first-order valence-corrected chi connectivity index (χ1v) is 9.79. The average Bonchev–Trinajstić information content (AvgIpc) is 3.12. The minimum Gasteiger partial charge on any atom is -0.356 e. The van der Waals surface area contributed by atoms with Crippen LogP contribution in [0, 0.1) is 5.92 Å². The lowest BCUT2D eigenvalue weighted by atomic mass is 10.1. The zero-order valence-corrected chi connectivity index (χ0v) is 19.3. The number of pyridine rings is 1. The Balaban J connectivity index is 0.00000280. The molecule has 1 fully saturated rings. The summed E-state index contributed by atoms with van der Waals surface area (Å²) in [7, 11) is 1.82. The fourth-order valence-electron chi connectivity index (χ4n) is 3.41. The minimum atomic E-state index is 0. The van der Waals surface area contributed by atoms with Crippen LogP contribution in [0.25, 0.3) is 0 Å². The molecule has 1 saturated heterocycles. The molecular weight excluding hydrogens is 465 g/mol. The van der Waals surface area contributed by atoms with Crippen LogP contribution >= 0.6 is 24.0 Å². The summed E-state index contributed by atoms with van der Waals surface area (Å²) in [6, 6.07) is 6.50. The number of guanidine groups is 1. The number of nitrogens with one attached hydrogen (secondary N) is 2. The quantitative estimate of drug-likeness (QED) is 0.365. The summed E-state index contributed by atoms with van der Waals surface area (Å²) in [5.41, 5.74) is 0. The maximum absolute atomic E-state index is 4.47. The first kappa shape index (κ1) is 22.4.